The lowest BCUT2D eigenvalue weighted by Crippen LogP contribution is -2.56. The van der Waals surface area contributed by atoms with Crippen molar-refractivity contribution in [1.82, 2.24) is 10.2 Å². The van der Waals surface area contributed by atoms with Crippen LogP contribution in [-0.4, -0.2) is 35.8 Å². The molecule has 25 heavy (non-hydrogen) atoms. The van der Waals surface area contributed by atoms with Crippen LogP contribution in [0.4, 0.5) is 0 Å². The van der Waals surface area contributed by atoms with Gasteiger partial charge in [0.15, 0.2) is 0 Å². The number of amides is 2. The van der Waals surface area contributed by atoms with Crippen LogP contribution in [0.25, 0.3) is 0 Å². The monoisotopic (exact) mass is 346 g/mol. The Morgan fingerprint density at radius 2 is 1.40 bits per heavy atom. The number of rotatable bonds is 2. The highest BCUT2D eigenvalue weighted by molar-refractivity contribution is 5.84. The van der Waals surface area contributed by atoms with E-state index in [4.69, 9.17) is 0 Å². The molecule has 0 unspecified atom stereocenters. The summed E-state index contributed by atoms with van der Waals surface area (Å²) in [5.41, 5.74) is -0.359. The number of piperidine rings is 1. The van der Waals surface area contributed by atoms with Crippen LogP contribution in [0.5, 0.6) is 0 Å². The lowest BCUT2D eigenvalue weighted by molar-refractivity contribution is -0.147. The van der Waals surface area contributed by atoms with Crippen molar-refractivity contribution in [2.45, 2.75) is 78.2 Å². The number of hydrogen-bond acceptors (Lipinski definition) is 2. The molecule has 5 fully saturated rings. The summed E-state index contributed by atoms with van der Waals surface area (Å²) in [5.74, 6) is 3.00. The first-order valence-corrected chi connectivity index (χ1v) is 10.4. The fraction of sp³-hybridized carbons (Fsp3) is 0.905. The molecule has 4 heteroatoms. The quantitative estimate of drug-likeness (QED) is 0.833. The van der Waals surface area contributed by atoms with E-state index in [1.54, 1.807) is 0 Å². The molecule has 4 saturated carbocycles. The van der Waals surface area contributed by atoms with Crippen LogP contribution in [-0.2, 0) is 9.59 Å². The molecule has 0 spiro atoms. The zero-order valence-corrected chi connectivity index (χ0v) is 16.1. The molecule has 5 aliphatic rings. The molecule has 4 bridgehead atoms. The zero-order valence-electron chi connectivity index (χ0n) is 16.1. The van der Waals surface area contributed by atoms with E-state index in [0.717, 1.165) is 62.9 Å². The zero-order chi connectivity index (χ0) is 17.8. The molecule has 0 radical (unpaired) electrons. The lowest BCUT2D eigenvalue weighted by Gasteiger charge is -2.56. The molecule has 5 rings (SSSR count). The summed E-state index contributed by atoms with van der Waals surface area (Å²) in [6.07, 6.45) is 9.32. The van der Waals surface area contributed by atoms with E-state index < -0.39 is 0 Å². The molecule has 140 valence electrons. The van der Waals surface area contributed by atoms with Gasteiger partial charge in [0.25, 0.3) is 0 Å². The summed E-state index contributed by atoms with van der Waals surface area (Å²) in [7, 11) is 0. The van der Waals surface area contributed by atoms with Crippen LogP contribution >= 0.6 is 0 Å². The summed E-state index contributed by atoms with van der Waals surface area (Å²) in [5, 5.41) is 3.40. The number of hydrogen-bond donors (Lipinski definition) is 1. The predicted molar refractivity (Wildman–Crippen MR) is 97.8 cm³/mol. The molecule has 1 aliphatic heterocycles. The topological polar surface area (TPSA) is 49.4 Å². The molecule has 0 aromatic carbocycles. The summed E-state index contributed by atoms with van der Waals surface area (Å²) < 4.78 is 0. The smallest absolute Gasteiger partial charge is 0.227 e. The average molecular weight is 347 g/mol. The van der Waals surface area contributed by atoms with Crippen molar-refractivity contribution >= 4 is 11.8 Å². The Morgan fingerprint density at radius 3 is 1.84 bits per heavy atom. The summed E-state index contributed by atoms with van der Waals surface area (Å²) >= 11 is 0. The third kappa shape index (κ3) is 3.21. The number of nitrogens with one attached hydrogen (secondary N) is 1. The van der Waals surface area contributed by atoms with Gasteiger partial charge in [0.05, 0.1) is 0 Å². The fourth-order valence-electron chi connectivity index (χ4n) is 6.43. The van der Waals surface area contributed by atoms with Crippen LogP contribution in [0, 0.1) is 28.6 Å². The predicted octanol–water partition coefficient (Wildman–Crippen LogP) is 3.36. The van der Waals surface area contributed by atoms with Crippen molar-refractivity contribution in [3.05, 3.63) is 0 Å². The van der Waals surface area contributed by atoms with Crippen LogP contribution in [0.15, 0.2) is 0 Å². The van der Waals surface area contributed by atoms with Crippen molar-refractivity contribution in [3.63, 3.8) is 0 Å². The molecule has 0 aromatic rings. The second-order valence-corrected chi connectivity index (χ2v) is 10.5. The SMILES string of the molecule is CC(C)(C)C(=O)N1CCC(NC(=O)C23CC4CC(CC(C4)C2)C3)CC1. The fourth-order valence-corrected chi connectivity index (χ4v) is 6.43. The number of carbonyl (C=O) groups excluding carboxylic acids is 2. The van der Waals surface area contributed by atoms with Crippen molar-refractivity contribution in [1.29, 1.82) is 0 Å². The van der Waals surface area contributed by atoms with E-state index in [1.807, 2.05) is 25.7 Å². The normalized spacial score (nSPS) is 38.0. The minimum absolute atomic E-state index is 0.0485. The Labute approximate surface area is 152 Å². The van der Waals surface area contributed by atoms with Crippen molar-refractivity contribution < 1.29 is 9.59 Å². The molecule has 1 heterocycles. The van der Waals surface area contributed by atoms with Crippen molar-refractivity contribution in [2.75, 3.05) is 13.1 Å². The maximum atomic E-state index is 13.1. The van der Waals surface area contributed by atoms with Gasteiger partial charge in [-0.25, -0.2) is 0 Å². The Kier molecular flexibility index (Phi) is 4.16. The Balaban J connectivity index is 1.33. The van der Waals surface area contributed by atoms with E-state index >= 15 is 0 Å². The van der Waals surface area contributed by atoms with Gasteiger partial charge in [-0.1, -0.05) is 20.8 Å². The highest BCUT2D eigenvalue weighted by Crippen LogP contribution is 2.60. The molecular formula is C21H34N2O2. The number of nitrogens with zero attached hydrogens (tertiary/aromatic N) is 1. The Morgan fingerprint density at radius 1 is 0.920 bits per heavy atom. The van der Waals surface area contributed by atoms with Gasteiger partial charge in [-0.3, -0.25) is 9.59 Å². The van der Waals surface area contributed by atoms with Crippen LogP contribution < -0.4 is 5.32 Å². The molecule has 0 atom stereocenters. The largest absolute Gasteiger partial charge is 0.353 e. The van der Waals surface area contributed by atoms with Crippen LogP contribution in [0.3, 0.4) is 0 Å². The van der Waals surface area contributed by atoms with E-state index in [-0.39, 0.29) is 22.8 Å². The van der Waals surface area contributed by atoms with Crippen molar-refractivity contribution in [2.24, 2.45) is 28.6 Å². The number of carbonyl (C=O) groups is 2. The average Bonchev–Trinajstić information content (AvgIpc) is 2.52. The van der Waals surface area contributed by atoms with Gasteiger partial charge in [0.2, 0.25) is 11.8 Å². The van der Waals surface area contributed by atoms with Crippen LogP contribution in [0.2, 0.25) is 0 Å². The second kappa shape index (κ2) is 5.99. The van der Waals surface area contributed by atoms with Crippen molar-refractivity contribution in [3.8, 4) is 0 Å². The van der Waals surface area contributed by atoms with Gasteiger partial charge in [-0.2, -0.15) is 0 Å². The summed E-state index contributed by atoms with van der Waals surface area (Å²) in [6.45, 7) is 7.51. The Hall–Kier alpha value is -1.06. The second-order valence-electron chi connectivity index (χ2n) is 10.5. The molecule has 0 aromatic heterocycles. The van der Waals surface area contributed by atoms with Gasteiger partial charge in [0, 0.05) is 30.0 Å². The summed E-state index contributed by atoms with van der Waals surface area (Å²) in [4.78, 5) is 27.5. The molecule has 1 saturated heterocycles. The third-order valence-corrected chi connectivity index (χ3v) is 7.28. The van der Waals surface area contributed by atoms with E-state index in [2.05, 4.69) is 5.32 Å². The summed E-state index contributed by atoms with van der Waals surface area (Å²) in [6, 6.07) is 0.254. The maximum absolute atomic E-state index is 13.1. The molecule has 1 N–H and O–H groups in total. The highest BCUT2D eigenvalue weighted by Gasteiger charge is 2.54. The minimum atomic E-state index is -0.310. The standard InChI is InChI=1S/C21H34N2O2/c1-20(2,3)19(25)23-6-4-17(5-7-23)22-18(24)21-11-14-8-15(12-21)10-16(9-14)13-21/h14-17H,4-13H2,1-3H3,(H,22,24). The molecular weight excluding hydrogens is 312 g/mol. The van der Waals surface area contributed by atoms with Gasteiger partial charge in [-0.15, -0.1) is 0 Å². The first kappa shape index (κ1) is 17.4. The first-order valence-electron chi connectivity index (χ1n) is 10.4. The minimum Gasteiger partial charge on any atom is -0.353 e. The first-order chi connectivity index (χ1) is 11.7. The number of likely N-dealkylation sites (tertiary alicyclic amines) is 1. The van der Waals surface area contributed by atoms with Gasteiger partial charge in [0.1, 0.15) is 0 Å². The van der Waals surface area contributed by atoms with Gasteiger partial charge < -0.3 is 10.2 Å². The molecule has 4 nitrogen and oxygen atoms in total. The van der Waals surface area contributed by atoms with Gasteiger partial charge in [-0.05, 0) is 69.1 Å². The van der Waals surface area contributed by atoms with Crippen LogP contribution in [0.1, 0.15) is 72.1 Å². The Bertz CT molecular complexity index is 519. The lowest BCUT2D eigenvalue weighted by atomic mass is 9.49. The van der Waals surface area contributed by atoms with Gasteiger partial charge >= 0.3 is 0 Å². The van der Waals surface area contributed by atoms with E-state index in [0.29, 0.717) is 5.91 Å². The maximum Gasteiger partial charge on any atom is 0.227 e. The molecule has 2 amide bonds. The molecule has 4 aliphatic carbocycles. The highest BCUT2D eigenvalue weighted by atomic mass is 16.2. The van der Waals surface area contributed by atoms with E-state index in [9.17, 15) is 9.59 Å². The third-order valence-electron chi connectivity index (χ3n) is 7.28. The van der Waals surface area contributed by atoms with E-state index in [1.165, 1.54) is 19.3 Å².